The Balaban J connectivity index is 1.85. The summed E-state index contributed by atoms with van der Waals surface area (Å²) >= 11 is 0. The highest BCUT2D eigenvalue weighted by Gasteiger charge is 2.18. The van der Waals surface area contributed by atoms with Gasteiger partial charge in [0.25, 0.3) is 5.91 Å². The molecule has 2 aromatic carbocycles. The second-order valence-corrected chi connectivity index (χ2v) is 5.42. The molecular formula is C19H16F2N4O. The standard InChI is InChI=1S/C19H16F2N4O/c1-2-25(14-6-4-3-5-7-14)19(26)17-11-18(23-12-22-17)24-16-9-8-13(20)10-15(16)21/h3-12H,2H2,1H3,(H,22,23,24). The number of carbonyl (C=O) groups excluding carboxylic acids is 1. The average molecular weight is 354 g/mol. The van der Waals surface area contributed by atoms with Crippen molar-refractivity contribution in [1.82, 2.24) is 9.97 Å². The number of para-hydroxylation sites is 1. The fourth-order valence-electron chi connectivity index (χ4n) is 2.46. The lowest BCUT2D eigenvalue weighted by Gasteiger charge is -2.20. The summed E-state index contributed by atoms with van der Waals surface area (Å²) in [6.45, 7) is 2.32. The van der Waals surface area contributed by atoms with Crippen LogP contribution in [0.4, 0.5) is 26.0 Å². The molecule has 1 N–H and O–H groups in total. The highest BCUT2D eigenvalue weighted by atomic mass is 19.1. The molecule has 0 unspecified atom stereocenters. The van der Waals surface area contributed by atoms with Crippen molar-refractivity contribution in [3.05, 3.63) is 78.3 Å². The van der Waals surface area contributed by atoms with Gasteiger partial charge in [-0.2, -0.15) is 0 Å². The minimum Gasteiger partial charge on any atom is -0.338 e. The summed E-state index contributed by atoms with van der Waals surface area (Å²) in [7, 11) is 0. The fraction of sp³-hybridized carbons (Fsp3) is 0.105. The summed E-state index contributed by atoms with van der Waals surface area (Å²) < 4.78 is 26.8. The zero-order valence-corrected chi connectivity index (χ0v) is 14.0. The molecule has 7 heteroatoms. The largest absolute Gasteiger partial charge is 0.338 e. The summed E-state index contributed by atoms with van der Waals surface area (Å²) in [5, 5.41) is 2.73. The Kier molecular flexibility index (Phi) is 5.17. The van der Waals surface area contributed by atoms with Gasteiger partial charge < -0.3 is 10.2 Å². The first-order valence-corrected chi connectivity index (χ1v) is 7.99. The Morgan fingerprint density at radius 1 is 1.08 bits per heavy atom. The van der Waals surface area contributed by atoms with Crippen molar-refractivity contribution >= 4 is 23.1 Å². The number of halogens is 2. The lowest BCUT2D eigenvalue weighted by Crippen LogP contribution is -2.31. The van der Waals surface area contributed by atoms with Crippen molar-refractivity contribution in [3.8, 4) is 0 Å². The van der Waals surface area contributed by atoms with Crippen LogP contribution in [0.5, 0.6) is 0 Å². The topological polar surface area (TPSA) is 58.1 Å². The Morgan fingerprint density at radius 2 is 1.85 bits per heavy atom. The molecule has 0 saturated heterocycles. The van der Waals surface area contributed by atoms with Crippen molar-refractivity contribution < 1.29 is 13.6 Å². The van der Waals surface area contributed by atoms with Crippen LogP contribution in [0.3, 0.4) is 0 Å². The molecule has 1 amide bonds. The van der Waals surface area contributed by atoms with Crippen molar-refractivity contribution in [3.63, 3.8) is 0 Å². The van der Waals surface area contributed by atoms with Gasteiger partial charge in [0.05, 0.1) is 5.69 Å². The molecule has 0 aliphatic carbocycles. The van der Waals surface area contributed by atoms with Crippen LogP contribution in [0, 0.1) is 11.6 Å². The van der Waals surface area contributed by atoms with Gasteiger partial charge in [0.15, 0.2) is 0 Å². The molecule has 132 valence electrons. The van der Waals surface area contributed by atoms with E-state index in [0.29, 0.717) is 6.54 Å². The first-order chi connectivity index (χ1) is 12.6. The third-order valence-corrected chi connectivity index (χ3v) is 3.71. The average Bonchev–Trinajstić information content (AvgIpc) is 2.66. The predicted molar refractivity (Wildman–Crippen MR) is 95.5 cm³/mol. The van der Waals surface area contributed by atoms with E-state index in [1.165, 1.54) is 18.5 Å². The third-order valence-electron chi connectivity index (χ3n) is 3.71. The smallest absolute Gasteiger partial charge is 0.277 e. The highest BCUT2D eigenvalue weighted by molar-refractivity contribution is 6.05. The van der Waals surface area contributed by atoms with Gasteiger partial charge in [-0.05, 0) is 31.2 Å². The number of amides is 1. The van der Waals surface area contributed by atoms with Gasteiger partial charge in [-0.1, -0.05) is 18.2 Å². The molecule has 3 rings (SSSR count). The lowest BCUT2D eigenvalue weighted by molar-refractivity contribution is 0.0983. The molecule has 0 bridgehead atoms. The van der Waals surface area contributed by atoms with Gasteiger partial charge in [0, 0.05) is 24.4 Å². The Morgan fingerprint density at radius 3 is 2.54 bits per heavy atom. The van der Waals surface area contributed by atoms with Crippen molar-refractivity contribution in [2.75, 3.05) is 16.8 Å². The van der Waals surface area contributed by atoms with Gasteiger partial charge in [-0.3, -0.25) is 4.79 Å². The molecule has 0 saturated carbocycles. The zero-order valence-electron chi connectivity index (χ0n) is 14.0. The van der Waals surface area contributed by atoms with Crippen LogP contribution in [0.1, 0.15) is 17.4 Å². The van der Waals surface area contributed by atoms with E-state index in [2.05, 4.69) is 15.3 Å². The van der Waals surface area contributed by atoms with Crippen LogP contribution < -0.4 is 10.2 Å². The number of nitrogens with zero attached hydrogens (tertiary/aromatic N) is 3. The van der Waals surface area contributed by atoms with E-state index in [9.17, 15) is 13.6 Å². The monoisotopic (exact) mass is 354 g/mol. The summed E-state index contributed by atoms with van der Waals surface area (Å²) in [4.78, 5) is 22.4. The first kappa shape index (κ1) is 17.5. The van der Waals surface area contributed by atoms with Crippen LogP contribution in [-0.2, 0) is 0 Å². The van der Waals surface area contributed by atoms with E-state index in [-0.39, 0.29) is 23.1 Å². The number of carbonyl (C=O) groups is 1. The van der Waals surface area contributed by atoms with E-state index in [1.54, 1.807) is 4.90 Å². The summed E-state index contributed by atoms with van der Waals surface area (Å²) in [5.74, 6) is -1.49. The molecule has 0 aliphatic rings. The molecule has 26 heavy (non-hydrogen) atoms. The van der Waals surface area contributed by atoms with Crippen molar-refractivity contribution in [2.45, 2.75) is 6.92 Å². The van der Waals surface area contributed by atoms with Crippen LogP contribution in [0.2, 0.25) is 0 Å². The molecule has 3 aromatic rings. The SMILES string of the molecule is CCN(C(=O)c1cc(Nc2ccc(F)cc2F)ncn1)c1ccccc1. The van der Waals surface area contributed by atoms with Crippen LogP contribution in [-0.4, -0.2) is 22.4 Å². The number of benzene rings is 2. The minimum absolute atomic E-state index is 0.0545. The first-order valence-electron chi connectivity index (χ1n) is 7.99. The normalized spacial score (nSPS) is 10.4. The molecule has 0 spiro atoms. The molecule has 1 heterocycles. The molecule has 0 radical (unpaired) electrons. The second kappa shape index (κ2) is 7.69. The fourth-order valence-corrected chi connectivity index (χ4v) is 2.46. The Bertz CT molecular complexity index is 918. The molecule has 1 aromatic heterocycles. The Hall–Kier alpha value is -3.35. The van der Waals surface area contributed by atoms with Crippen molar-refractivity contribution in [2.24, 2.45) is 0 Å². The van der Waals surface area contributed by atoms with Gasteiger partial charge in [0.1, 0.15) is 29.5 Å². The molecule has 0 aliphatic heterocycles. The number of rotatable bonds is 5. The zero-order chi connectivity index (χ0) is 18.5. The number of anilines is 3. The van der Waals surface area contributed by atoms with E-state index < -0.39 is 11.6 Å². The maximum atomic E-state index is 13.8. The quantitative estimate of drug-likeness (QED) is 0.747. The van der Waals surface area contributed by atoms with Crippen LogP contribution >= 0.6 is 0 Å². The highest BCUT2D eigenvalue weighted by Crippen LogP contribution is 2.21. The summed E-state index contributed by atoms with van der Waals surface area (Å²) in [5.41, 5.74) is 0.965. The molecule has 0 fully saturated rings. The second-order valence-electron chi connectivity index (χ2n) is 5.42. The van der Waals surface area contributed by atoms with E-state index in [4.69, 9.17) is 0 Å². The van der Waals surface area contributed by atoms with Crippen LogP contribution in [0.25, 0.3) is 0 Å². The van der Waals surface area contributed by atoms with Gasteiger partial charge in [-0.25, -0.2) is 18.7 Å². The van der Waals surface area contributed by atoms with Crippen molar-refractivity contribution in [1.29, 1.82) is 0 Å². The maximum Gasteiger partial charge on any atom is 0.277 e. The van der Waals surface area contributed by atoms with E-state index >= 15 is 0 Å². The van der Waals surface area contributed by atoms with Gasteiger partial charge in [-0.15, -0.1) is 0 Å². The lowest BCUT2D eigenvalue weighted by atomic mass is 10.2. The number of aromatic nitrogens is 2. The number of nitrogens with one attached hydrogen (secondary N) is 1. The predicted octanol–water partition coefficient (Wildman–Crippen LogP) is 4.17. The minimum atomic E-state index is -0.754. The maximum absolute atomic E-state index is 13.8. The summed E-state index contributed by atoms with van der Waals surface area (Å²) in [6.07, 6.45) is 1.22. The van der Waals surface area contributed by atoms with Crippen LogP contribution in [0.15, 0.2) is 60.9 Å². The molecule has 5 nitrogen and oxygen atoms in total. The van der Waals surface area contributed by atoms with Gasteiger partial charge in [0.2, 0.25) is 0 Å². The number of hydrogen-bond acceptors (Lipinski definition) is 4. The molecule has 0 atom stereocenters. The molecular weight excluding hydrogens is 338 g/mol. The van der Waals surface area contributed by atoms with Gasteiger partial charge >= 0.3 is 0 Å². The van der Waals surface area contributed by atoms with E-state index in [1.807, 2.05) is 37.3 Å². The summed E-state index contributed by atoms with van der Waals surface area (Å²) in [6, 6.07) is 13.8. The Labute approximate surface area is 149 Å². The van der Waals surface area contributed by atoms with E-state index in [0.717, 1.165) is 17.8 Å². The number of hydrogen-bond donors (Lipinski definition) is 1. The third kappa shape index (κ3) is 3.83.